The van der Waals surface area contributed by atoms with E-state index in [0.717, 1.165) is 70.3 Å². The van der Waals surface area contributed by atoms with Crippen molar-refractivity contribution in [1.82, 2.24) is 0 Å². The van der Waals surface area contributed by atoms with Crippen molar-refractivity contribution in [2.45, 2.75) is 168 Å². The van der Waals surface area contributed by atoms with Gasteiger partial charge in [0.05, 0.1) is 29.8 Å². The number of carboxylic acid groups (broad SMARTS) is 5. The Morgan fingerprint density at radius 1 is 0.243 bits per heavy atom. The van der Waals surface area contributed by atoms with Crippen LogP contribution in [0.5, 0.6) is 80.5 Å². The van der Waals surface area contributed by atoms with E-state index in [2.05, 4.69) is 55.4 Å². The third-order valence-electron chi connectivity index (χ3n) is 13.7. The van der Waals surface area contributed by atoms with Crippen LogP contribution in [0.15, 0.2) is 212 Å². The maximum Gasteiger partial charge on any atom is 1.00 e. The number of hydrogen-bond acceptors (Lipinski definition) is 24. The number of benzene rings is 10. The minimum atomic E-state index is -1.20. The first-order chi connectivity index (χ1) is 54.0. The van der Waals surface area contributed by atoms with E-state index >= 15 is 0 Å². The predicted octanol–water partition coefficient (Wildman–Crippen LogP) is 16.5. The molecule has 24 nitrogen and oxygen atoms in total. The zero-order chi connectivity index (χ0) is 90.0. The highest BCUT2D eigenvalue weighted by atomic mass is 35.5. The molecule has 0 atom stereocenters. The van der Waals surface area contributed by atoms with Gasteiger partial charge in [0.1, 0.15) is 51.7 Å². The first kappa shape index (κ1) is 111. The molecule has 630 valence electrons. The van der Waals surface area contributed by atoms with Crippen LogP contribution in [-0.4, -0.2) is 101 Å². The minimum Gasteiger partial charge on any atom is -0.545 e. The van der Waals surface area contributed by atoms with Crippen molar-refractivity contribution in [3.05, 3.63) is 273 Å². The lowest BCUT2D eigenvalue weighted by Crippen LogP contribution is -2.22. The highest BCUT2D eigenvalue weighted by Gasteiger charge is 2.08. The van der Waals surface area contributed by atoms with E-state index in [-0.39, 0.29) is 110 Å². The quantitative estimate of drug-likeness (QED) is 0.0447. The summed E-state index contributed by atoms with van der Waals surface area (Å²) in [5.74, 6) is -6.06. The summed E-state index contributed by atoms with van der Waals surface area (Å²) in [6.45, 7) is 40.5. The fraction of sp³-hybridized carbons (Fsp3) is 0.278. The van der Waals surface area contributed by atoms with Gasteiger partial charge in [-0.1, -0.05) is 271 Å². The lowest BCUT2D eigenvalue weighted by atomic mass is 10.0. The van der Waals surface area contributed by atoms with Gasteiger partial charge in [-0.3, -0.25) is 0 Å². The Kier molecular flexibility index (Phi) is 60.3. The summed E-state index contributed by atoms with van der Waals surface area (Å²) < 4.78 is 0. The highest BCUT2D eigenvalue weighted by molar-refractivity contribution is 6.31. The van der Waals surface area contributed by atoms with E-state index < -0.39 is 35.6 Å². The molecular formula is C90H119ClO24. The molecule has 0 aliphatic rings. The van der Waals surface area contributed by atoms with Gasteiger partial charge in [-0.05, 0) is 128 Å². The van der Waals surface area contributed by atoms with Gasteiger partial charge < -0.3 is 121 Å². The molecule has 25 heteroatoms. The molecule has 10 aromatic rings. The van der Waals surface area contributed by atoms with Crippen molar-refractivity contribution in [3.63, 3.8) is 0 Å². The Balaban J connectivity index is -0.000000138. The summed E-state index contributed by atoms with van der Waals surface area (Å²) >= 11 is 5.88. The van der Waals surface area contributed by atoms with Crippen molar-refractivity contribution in [2.24, 2.45) is 0 Å². The standard InChI is InChI=1S/C10H11ClO2.4C10H12O2.4C6H6O3.C6H6O2.5C2H6/c1-6(2)8-4-3-7(10(12)13)5-9(8)11;4*1-7(2)8-3-5-9(6-4-8)10(11)12;2*7-4-1-5(8)3-6(9)2-4;7-4-1-2-5(8)6(9)3-4;7-4-2-1-3-5(8)6(4)9;7-5-2-1-3-6(8)4-5;5*1-2/h3-6H,1-2H3,(H,12,13);4*3-7H,1-2H3,(H,11,12);4*1-3,7-9H;1-4,7-8H;5*1-2H3. The van der Waals surface area contributed by atoms with E-state index in [0.29, 0.717) is 34.6 Å². The number of hydrogen-bond donors (Lipinski definition) is 14. The summed E-state index contributed by atoms with van der Waals surface area (Å²) in [6.07, 6.45) is 0. The first-order valence-corrected chi connectivity index (χ1v) is 37.0. The van der Waals surface area contributed by atoms with Gasteiger partial charge in [0.25, 0.3) is 0 Å². The van der Waals surface area contributed by atoms with Crippen LogP contribution in [0, 0.1) is 0 Å². The molecule has 0 aromatic heterocycles. The Labute approximate surface area is 688 Å². The Morgan fingerprint density at radius 2 is 0.461 bits per heavy atom. The van der Waals surface area contributed by atoms with Crippen LogP contribution in [-0.2, 0) is 0 Å². The van der Waals surface area contributed by atoms with Gasteiger partial charge in [0, 0.05) is 53.6 Å². The Bertz CT molecular complexity index is 3920. The molecule has 0 saturated heterocycles. The van der Waals surface area contributed by atoms with Gasteiger partial charge in [-0.15, -0.1) is 0 Å². The number of carboxylic acids is 5. The second-order valence-corrected chi connectivity index (χ2v) is 24.1. The van der Waals surface area contributed by atoms with Crippen LogP contribution >= 0.6 is 11.6 Å². The zero-order valence-electron chi connectivity index (χ0n) is 73.8. The zero-order valence-corrected chi connectivity index (χ0v) is 69.6. The number of rotatable bonds is 10. The smallest absolute Gasteiger partial charge is 0.545 e. The fourth-order valence-corrected chi connectivity index (χ4v) is 8.22. The average molecular weight is 1620 g/mol. The summed E-state index contributed by atoms with van der Waals surface area (Å²) in [5.41, 5.74) is 6.57. The Hall–Kier alpha value is -13.0. The van der Waals surface area contributed by atoms with Gasteiger partial charge in [0.15, 0.2) is 28.7 Å². The van der Waals surface area contributed by atoms with E-state index in [4.69, 9.17) is 83.1 Å². The fourth-order valence-electron chi connectivity index (χ4n) is 7.82. The van der Waals surface area contributed by atoms with Crippen molar-refractivity contribution in [1.29, 1.82) is 0 Å². The van der Waals surface area contributed by atoms with Gasteiger partial charge >= 0.3 is 7.13 Å². The van der Waals surface area contributed by atoms with Crippen molar-refractivity contribution < 1.29 is 128 Å². The normalized spacial score (nSPS) is 9.27. The maximum absolute atomic E-state index is 10.5. The number of carbonyl (C=O) groups excluding carboxylic acids is 5. The van der Waals surface area contributed by atoms with Gasteiger partial charge in [-0.25, -0.2) is 0 Å². The Morgan fingerprint density at radius 3 is 0.635 bits per heavy atom. The first-order valence-electron chi connectivity index (χ1n) is 36.6. The third-order valence-corrected chi connectivity index (χ3v) is 14.0. The van der Waals surface area contributed by atoms with Crippen molar-refractivity contribution in [2.75, 3.05) is 0 Å². The number of aromatic hydroxyl groups is 14. The molecule has 0 aliphatic heterocycles. The van der Waals surface area contributed by atoms with E-state index in [1.165, 1.54) is 60.7 Å². The largest absolute Gasteiger partial charge is 1.00 e. The molecule has 0 unspecified atom stereocenters. The maximum atomic E-state index is 10.5. The summed E-state index contributed by atoms with van der Waals surface area (Å²) in [4.78, 5) is 51.9. The number of phenolic OH excluding ortho intramolecular Hbond substituents is 14. The molecule has 115 heavy (non-hydrogen) atoms. The van der Waals surface area contributed by atoms with E-state index in [1.54, 1.807) is 60.7 Å². The predicted molar refractivity (Wildman–Crippen MR) is 447 cm³/mol. The SMILES string of the molecule is CC.CC.CC.CC.CC.CC(C)c1ccc(C(=O)[O-])cc1.CC(C)c1ccc(C(=O)[O-])cc1.CC(C)c1ccc(C(=O)[O-])cc1.CC(C)c1ccc(C(=O)[O-])cc1.CC(C)c1ccc(C(=O)[O-])cc1Cl.Oc1cc(O)cc(O)c1.Oc1cc(O)cc(O)c1.Oc1ccc(O)c(O)c1.Oc1cccc(O)c1.Oc1cccc(O)c1O.[H+].[H+].[H+].[H+].[H+]. The average Bonchev–Trinajstić information content (AvgIpc) is 0.850. The molecule has 0 heterocycles. The van der Waals surface area contributed by atoms with E-state index in [9.17, 15) is 49.5 Å². The van der Waals surface area contributed by atoms with Crippen LogP contribution < -0.4 is 25.5 Å². The molecule has 10 aromatic carbocycles. The van der Waals surface area contributed by atoms with Gasteiger partial charge in [0.2, 0.25) is 0 Å². The lowest BCUT2D eigenvalue weighted by Gasteiger charge is -2.10. The molecule has 0 amide bonds. The number of carbonyl (C=O) groups is 5. The number of para-hydroxylation sites is 1. The summed E-state index contributed by atoms with van der Waals surface area (Å²) in [5, 5.41) is 174. The number of aromatic carboxylic acids is 5. The molecular weight excluding hydrogens is 1500 g/mol. The van der Waals surface area contributed by atoms with Crippen LogP contribution in [0.4, 0.5) is 0 Å². The second kappa shape index (κ2) is 62.7. The molecule has 0 saturated carbocycles. The number of phenols is 14. The molecule has 0 bridgehead atoms. The van der Waals surface area contributed by atoms with Crippen LogP contribution in [0.25, 0.3) is 0 Å². The molecule has 0 radical (unpaired) electrons. The third kappa shape index (κ3) is 49.8. The highest BCUT2D eigenvalue weighted by Crippen LogP contribution is 2.33. The summed E-state index contributed by atoms with van der Waals surface area (Å²) in [7, 11) is 0. The molecule has 0 aliphatic carbocycles. The van der Waals surface area contributed by atoms with E-state index in [1.807, 2.05) is 132 Å². The van der Waals surface area contributed by atoms with Crippen molar-refractivity contribution >= 4 is 41.4 Å². The van der Waals surface area contributed by atoms with Crippen LogP contribution in [0.3, 0.4) is 0 Å². The topological polar surface area (TPSA) is 484 Å². The van der Waals surface area contributed by atoms with Crippen LogP contribution in [0.1, 0.15) is 255 Å². The molecule has 10 rings (SSSR count). The van der Waals surface area contributed by atoms with Gasteiger partial charge in [-0.2, -0.15) is 0 Å². The molecule has 0 fully saturated rings. The lowest BCUT2D eigenvalue weighted by molar-refractivity contribution is -0.256. The second-order valence-electron chi connectivity index (χ2n) is 23.7. The van der Waals surface area contributed by atoms with Crippen LogP contribution in [0.2, 0.25) is 5.02 Å². The minimum absolute atomic E-state index is 0. The monoisotopic (exact) mass is 1620 g/mol. The van der Waals surface area contributed by atoms with Crippen molar-refractivity contribution in [3.8, 4) is 80.5 Å². The summed E-state index contributed by atoms with van der Waals surface area (Å²) in [6, 6.07) is 52.0. The number of halogens is 1. The molecule has 0 spiro atoms. The molecule has 14 N–H and O–H groups in total.